The van der Waals surface area contributed by atoms with Crippen LogP contribution >= 0.6 is 0 Å². The summed E-state index contributed by atoms with van der Waals surface area (Å²) in [6.45, 7) is 0. The minimum Gasteiger partial charge on any atom is -0.327 e. The van der Waals surface area contributed by atoms with E-state index in [0.29, 0.717) is 91.5 Å². The first-order chi connectivity index (χ1) is 30.2. The first-order valence-electron chi connectivity index (χ1n) is 19.2. The summed E-state index contributed by atoms with van der Waals surface area (Å²) in [7, 11) is 0. The van der Waals surface area contributed by atoms with Crippen molar-refractivity contribution in [2.45, 2.75) is 24.7 Å². The maximum atomic E-state index is 13.7. The third-order valence-electron chi connectivity index (χ3n) is 10.9. The summed E-state index contributed by atoms with van der Waals surface area (Å²) in [5.74, 6) is 1.48. The Labute approximate surface area is 356 Å². The zero-order valence-electron chi connectivity index (χ0n) is 32.4. The second-order valence-corrected chi connectivity index (χ2v) is 14.9. The van der Waals surface area contributed by atoms with E-state index in [1.54, 1.807) is 48.5 Å². The van der Waals surface area contributed by atoms with E-state index in [4.69, 9.17) is 0 Å². The number of hydrogen-bond acceptors (Lipinski definition) is 0. The lowest BCUT2D eigenvalue weighted by atomic mass is 9.91. The molecule has 0 fully saturated rings. The fourth-order valence-electron chi connectivity index (χ4n) is 7.87. The third kappa shape index (κ3) is 7.95. The summed E-state index contributed by atoms with van der Waals surface area (Å²) in [4.78, 5) is 13.3. The van der Waals surface area contributed by atoms with Crippen LogP contribution in [0.25, 0.3) is 0 Å². The molecule has 0 saturated carbocycles. The van der Waals surface area contributed by atoms with Crippen LogP contribution in [0.1, 0.15) is 90.1 Å². The van der Waals surface area contributed by atoms with Gasteiger partial charge in [-0.15, -0.1) is 0 Å². The van der Waals surface area contributed by atoms with Crippen molar-refractivity contribution in [3.05, 3.63) is 259 Å². The Bertz CT molecular complexity index is 2410. The molecular weight excluding hydrogens is 861 g/mol. The summed E-state index contributed by atoms with van der Waals surface area (Å²) in [6, 6.07) is 30.8. The molecule has 0 spiro atoms. The van der Waals surface area contributed by atoms with Crippen LogP contribution in [0.15, 0.2) is 146 Å². The molecule has 16 heteroatoms. The molecule has 0 amide bonds. The minimum atomic E-state index is -4.65. The molecule has 4 N–H and O–H groups in total. The quantitative estimate of drug-likeness (QED) is 0.101. The van der Waals surface area contributed by atoms with Crippen molar-refractivity contribution in [2.75, 3.05) is 0 Å². The molecule has 0 radical (unpaired) electrons. The molecule has 64 heavy (non-hydrogen) atoms. The second kappa shape index (κ2) is 15.2. The number of rotatable bonds is 4. The van der Waals surface area contributed by atoms with Gasteiger partial charge in [-0.25, -0.2) is 0 Å². The Balaban J connectivity index is 1.27. The molecular formula is C48H28F12N4+4. The largest absolute Gasteiger partial charge is 0.417 e. The number of alkyl halides is 12. The molecule has 8 aromatic rings. The fraction of sp³-hybridized carbons (Fsp3) is 0.0833. The Hall–Kier alpha value is -7.36. The van der Waals surface area contributed by atoms with E-state index in [9.17, 15) is 52.7 Å². The van der Waals surface area contributed by atoms with Crippen LogP contribution in [0.3, 0.4) is 0 Å². The lowest BCUT2D eigenvalue weighted by Gasteiger charge is -2.14. The molecule has 0 unspecified atom stereocenters. The van der Waals surface area contributed by atoms with Crippen LogP contribution in [0, 0.1) is 23.7 Å². The molecule has 0 saturated heterocycles. The number of aromatic amines is 4. The summed E-state index contributed by atoms with van der Waals surface area (Å²) >= 11 is 0. The maximum Gasteiger partial charge on any atom is 0.417 e. The summed E-state index contributed by atoms with van der Waals surface area (Å²) in [6.07, 6.45) is -18.6. The maximum absolute atomic E-state index is 13.7. The van der Waals surface area contributed by atoms with Gasteiger partial charge in [0.2, 0.25) is 0 Å². The van der Waals surface area contributed by atoms with Gasteiger partial charge in [-0.1, -0.05) is 0 Å². The Kier molecular flexibility index (Phi) is 9.95. The standard InChI is InChI=1S/C48H28F12N4/c49-45(50,51)29-9-1-25(2-10-29)41-33-17-19-35(61-33)42(26-3-11-30(12-4-26)46(52,53)54)37-21-23-39(63-37)44(28-7-15-32(16-8-28)48(58,59)60)40-24-22-38(64-40)43(36-20-18-34(41)62-36)27-5-13-31(14-6-27)47(55,56)57/h1-24,61-64H/q+4. The third-order valence-corrected chi connectivity index (χ3v) is 10.9. The highest BCUT2D eigenvalue weighted by Gasteiger charge is 2.40. The SMILES string of the molecule is FC(F)(F)c1ccc([C+]2c3ccc([nH]3)[C+](c3ccc(C(F)(F)F)cc3)c3ccc([nH]3)[C+](c3ccc(C(F)(F)F)cc3)c3ccc([nH]3)[C+](c3ccc(C(F)(F)F)cc3)c3ccc2[nH]3)cc1. The minimum absolute atomic E-state index is 0.322. The first-order valence-corrected chi connectivity index (χ1v) is 19.2. The number of nitrogens with one attached hydrogen (secondary N) is 4. The van der Waals surface area contributed by atoms with Crippen LogP contribution < -0.4 is 0 Å². The van der Waals surface area contributed by atoms with E-state index >= 15 is 0 Å². The van der Waals surface area contributed by atoms with Crippen molar-refractivity contribution in [3.63, 3.8) is 0 Å². The normalized spacial score (nSPS) is 13.8. The van der Waals surface area contributed by atoms with Crippen molar-refractivity contribution in [3.8, 4) is 0 Å². The second-order valence-electron chi connectivity index (χ2n) is 14.9. The van der Waals surface area contributed by atoms with Crippen LogP contribution in [-0.2, 0) is 24.7 Å². The lowest BCUT2D eigenvalue weighted by molar-refractivity contribution is -0.138. The van der Waals surface area contributed by atoms with Gasteiger partial charge in [0, 0.05) is 48.5 Å². The molecule has 4 aromatic carbocycles. The van der Waals surface area contributed by atoms with Gasteiger partial charge in [-0.2, -0.15) is 52.7 Å². The number of halogens is 12. The van der Waals surface area contributed by atoms with Gasteiger partial charge in [-0.3, -0.25) is 0 Å². The molecule has 0 aliphatic carbocycles. The fourth-order valence-corrected chi connectivity index (χ4v) is 7.87. The van der Waals surface area contributed by atoms with Gasteiger partial charge < -0.3 is 19.9 Å². The highest BCUT2D eigenvalue weighted by molar-refractivity contribution is 5.64. The van der Waals surface area contributed by atoms with Gasteiger partial charge in [0.05, 0.1) is 93.0 Å². The van der Waals surface area contributed by atoms with Crippen molar-refractivity contribution < 1.29 is 52.7 Å². The summed E-state index contributed by atoms with van der Waals surface area (Å²) in [5, 5.41) is 0. The van der Waals surface area contributed by atoms with Gasteiger partial charge in [0.25, 0.3) is 0 Å². The average molecular weight is 889 g/mol. The van der Waals surface area contributed by atoms with Gasteiger partial charge in [-0.05, 0) is 48.5 Å². The Morgan fingerprint density at radius 3 is 0.484 bits per heavy atom. The number of benzene rings is 4. The zero-order chi connectivity index (χ0) is 45.3. The van der Waals surface area contributed by atoms with E-state index in [-0.39, 0.29) is 0 Å². The van der Waals surface area contributed by atoms with Crippen LogP contribution in [0.5, 0.6) is 0 Å². The van der Waals surface area contributed by atoms with Gasteiger partial charge >= 0.3 is 24.7 Å². The molecule has 8 bridgehead atoms. The lowest BCUT2D eigenvalue weighted by Crippen LogP contribution is -2.13. The van der Waals surface area contributed by atoms with Crippen LogP contribution in [-0.4, -0.2) is 19.9 Å². The molecule has 4 aromatic heterocycles. The number of H-pyrrole nitrogens is 4. The molecule has 0 atom stereocenters. The molecule has 9 rings (SSSR count). The highest BCUT2D eigenvalue weighted by Crippen LogP contribution is 2.42. The average Bonchev–Trinajstić information content (AvgIpc) is 4.08. The van der Waals surface area contributed by atoms with E-state index in [2.05, 4.69) is 19.9 Å². The van der Waals surface area contributed by atoms with Crippen LogP contribution in [0.2, 0.25) is 0 Å². The monoisotopic (exact) mass is 888 g/mol. The summed E-state index contributed by atoms with van der Waals surface area (Å²) < 4.78 is 165. The Morgan fingerprint density at radius 1 is 0.219 bits per heavy atom. The number of fused-ring (bicyclic) bond motifs is 8. The number of hydrogen-bond donors (Lipinski definition) is 4. The van der Waals surface area contributed by atoms with Gasteiger partial charge in [0.15, 0.2) is 0 Å². The van der Waals surface area contributed by atoms with Crippen molar-refractivity contribution >= 4 is 0 Å². The molecule has 1 aliphatic heterocycles. The van der Waals surface area contributed by atoms with E-state index in [1.807, 2.05) is 0 Å². The zero-order valence-corrected chi connectivity index (χ0v) is 32.4. The molecule has 5 heterocycles. The van der Waals surface area contributed by atoms with Crippen molar-refractivity contribution in [1.82, 2.24) is 19.9 Å². The molecule has 1 aliphatic rings. The van der Waals surface area contributed by atoms with E-state index in [0.717, 1.165) is 48.5 Å². The topological polar surface area (TPSA) is 63.2 Å². The predicted molar refractivity (Wildman–Crippen MR) is 211 cm³/mol. The predicted octanol–water partition coefficient (Wildman–Crippen LogP) is 13.5. The highest BCUT2D eigenvalue weighted by atomic mass is 19.4. The molecule has 320 valence electrons. The van der Waals surface area contributed by atoms with Gasteiger partial charge in [0.1, 0.15) is 69.2 Å². The smallest absolute Gasteiger partial charge is 0.327 e. The van der Waals surface area contributed by atoms with Crippen molar-refractivity contribution in [1.29, 1.82) is 0 Å². The molecule has 4 nitrogen and oxygen atoms in total. The van der Waals surface area contributed by atoms with E-state index in [1.165, 1.54) is 48.5 Å². The number of aromatic nitrogens is 4. The first kappa shape index (κ1) is 42.0. The van der Waals surface area contributed by atoms with Crippen LogP contribution in [0.4, 0.5) is 52.7 Å². The van der Waals surface area contributed by atoms with Crippen molar-refractivity contribution in [2.24, 2.45) is 0 Å². The Morgan fingerprint density at radius 2 is 0.359 bits per heavy atom. The van der Waals surface area contributed by atoms with E-state index < -0.39 is 47.0 Å². The summed E-state index contributed by atoms with van der Waals surface area (Å²) in [5.41, 5.74) is 0.572.